The van der Waals surface area contributed by atoms with E-state index in [9.17, 15) is 33.9 Å². The van der Waals surface area contributed by atoms with Crippen molar-refractivity contribution >= 4 is 81.6 Å². The lowest BCUT2D eigenvalue weighted by atomic mass is 9.85. The molecule has 0 aliphatic carbocycles. The van der Waals surface area contributed by atoms with Crippen LogP contribution in [-0.4, -0.2) is 140 Å². The Hall–Kier alpha value is -7.07. The highest BCUT2D eigenvalue weighted by molar-refractivity contribution is 5.97. The number of amides is 5. The third kappa shape index (κ3) is 10.7. The van der Waals surface area contributed by atoms with Crippen molar-refractivity contribution in [2.45, 2.75) is 89.4 Å². The zero-order valence-corrected chi connectivity index (χ0v) is 40.2. The van der Waals surface area contributed by atoms with Gasteiger partial charge >= 0.3 is 18.0 Å². The first kappa shape index (κ1) is 50.8. The molecular formula is C48H61ClN14O7. The summed E-state index contributed by atoms with van der Waals surface area (Å²) in [6.45, 7) is 9.04. The molecule has 6 aromatic rings. The molecule has 0 atom stereocenters. The average Bonchev–Trinajstić information content (AvgIpc) is 4.19. The summed E-state index contributed by atoms with van der Waals surface area (Å²) in [5.74, 6) is -1.06. The van der Waals surface area contributed by atoms with Gasteiger partial charge in [0.1, 0.15) is 0 Å². The number of halogens is 1. The second-order valence-electron chi connectivity index (χ2n) is 18.6. The molecule has 10 rings (SSSR count). The fraction of sp³-hybridized carbons (Fsp3) is 0.417. The van der Waals surface area contributed by atoms with Crippen LogP contribution in [0.3, 0.4) is 0 Å². The maximum atomic E-state index is 12.9. The second-order valence-corrected chi connectivity index (χ2v) is 18.6. The molecule has 0 unspecified atom stereocenters. The van der Waals surface area contributed by atoms with Crippen molar-refractivity contribution in [2.75, 3.05) is 49.9 Å². The van der Waals surface area contributed by atoms with Gasteiger partial charge < -0.3 is 47.4 Å². The Bertz CT molecular complexity index is 2710. The van der Waals surface area contributed by atoms with Crippen molar-refractivity contribution in [3.8, 4) is 0 Å². The number of carboxylic acid groups (broad SMARTS) is 1. The van der Waals surface area contributed by atoms with Crippen LogP contribution in [0.4, 0.5) is 21.2 Å². The van der Waals surface area contributed by atoms with Gasteiger partial charge in [0.05, 0.1) is 5.56 Å². The summed E-state index contributed by atoms with van der Waals surface area (Å²) < 4.78 is 2.58. The van der Waals surface area contributed by atoms with E-state index in [1.165, 1.54) is 23.2 Å². The quantitative estimate of drug-likeness (QED) is 0.0894. The van der Waals surface area contributed by atoms with Gasteiger partial charge in [-0.1, -0.05) is 0 Å². The number of aromatic carboxylic acids is 1. The van der Waals surface area contributed by atoms with Crippen LogP contribution in [-0.2, 0) is 22.7 Å². The Morgan fingerprint density at radius 1 is 0.614 bits per heavy atom. The van der Waals surface area contributed by atoms with Crippen LogP contribution in [0.25, 0.3) is 21.8 Å². The van der Waals surface area contributed by atoms with Gasteiger partial charge in [-0.05, 0) is 113 Å². The van der Waals surface area contributed by atoms with Gasteiger partial charge in [-0.25, -0.2) is 14.4 Å². The molecule has 4 fully saturated rings. The van der Waals surface area contributed by atoms with Crippen molar-refractivity contribution in [1.82, 2.24) is 55.3 Å². The normalized spacial score (nSPS) is 17.5. The van der Waals surface area contributed by atoms with E-state index in [2.05, 4.69) is 46.7 Å². The molecule has 0 saturated carbocycles. The van der Waals surface area contributed by atoms with E-state index in [1.807, 2.05) is 34.1 Å². The lowest BCUT2D eigenvalue weighted by molar-refractivity contribution is -0.115. The first-order valence-corrected chi connectivity index (χ1v) is 23.2. The Balaban J connectivity index is 0.000000201. The molecule has 70 heavy (non-hydrogen) atoms. The van der Waals surface area contributed by atoms with E-state index in [-0.39, 0.29) is 59.1 Å². The van der Waals surface area contributed by atoms with Crippen LogP contribution in [0.2, 0.25) is 0 Å². The van der Waals surface area contributed by atoms with Crippen molar-refractivity contribution in [1.29, 1.82) is 0 Å². The molecule has 4 aliphatic rings. The number of aromatic amines is 2. The number of fused-ring (bicyclic) bond motifs is 2. The first-order chi connectivity index (χ1) is 32.7. The van der Waals surface area contributed by atoms with E-state index in [0.717, 1.165) is 111 Å². The number of carbonyl (C=O) groups excluding carboxylic acids is 5. The van der Waals surface area contributed by atoms with Gasteiger partial charge in [-0.15, -0.1) is 22.6 Å². The predicted molar refractivity (Wildman–Crippen MR) is 265 cm³/mol. The molecule has 21 nitrogen and oxygen atoms in total. The molecule has 4 saturated heterocycles. The number of anilines is 2. The smallest absolute Gasteiger partial charge is 0.344 e. The SMILES string of the molecule is CC(=O)Nc1ccn(C(=O)N2CCC3(CCCN3Cc3cc4cc(C(=O)O)ccc4[nH]3)CC2)n1.CC(=O)Nc1ccn(C(=O)N2CCC3(CCCN3Cc3cc4cc(C(N)=O)ccc4[nH]3)CC2)n1.Cl.N. The number of carbonyl (C=O) groups is 6. The van der Waals surface area contributed by atoms with Crippen molar-refractivity contribution in [3.05, 3.63) is 95.6 Å². The zero-order chi connectivity index (χ0) is 47.7. The van der Waals surface area contributed by atoms with E-state index < -0.39 is 11.9 Å². The van der Waals surface area contributed by atoms with Crippen LogP contribution in [0, 0.1) is 0 Å². The Labute approximate surface area is 410 Å². The van der Waals surface area contributed by atoms with Crippen molar-refractivity contribution in [3.63, 3.8) is 0 Å². The van der Waals surface area contributed by atoms with Crippen LogP contribution in [0.5, 0.6) is 0 Å². The Morgan fingerprint density at radius 3 is 1.43 bits per heavy atom. The minimum Gasteiger partial charge on any atom is -0.478 e. The van der Waals surface area contributed by atoms with Crippen LogP contribution >= 0.6 is 12.4 Å². The number of nitrogens with one attached hydrogen (secondary N) is 4. The van der Waals surface area contributed by atoms with Gasteiger partial charge in [-0.2, -0.15) is 9.36 Å². The molecule has 372 valence electrons. The monoisotopic (exact) mass is 980 g/mol. The van der Waals surface area contributed by atoms with Crippen LogP contribution in [0.1, 0.15) is 97.3 Å². The number of piperidine rings is 2. The first-order valence-electron chi connectivity index (χ1n) is 23.2. The largest absolute Gasteiger partial charge is 0.478 e. The second kappa shape index (κ2) is 20.9. The highest BCUT2D eigenvalue weighted by atomic mass is 35.5. The number of aromatic nitrogens is 6. The molecule has 2 aromatic carbocycles. The number of hydrogen-bond acceptors (Lipinski definition) is 11. The van der Waals surface area contributed by atoms with Gasteiger partial charge in [0.25, 0.3) is 0 Å². The summed E-state index contributed by atoms with van der Waals surface area (Å²) in [5.41, 5.74) is 10.5. The highest BCUT2D eigenvalue weighted by Gasteiger charge is 2.45. The number of likely N-dealkylation sites (tertiary alicyclic amines) is 4. The number of rotatable bonds is 8. The molecule has 4 aromatic heterocycles. The van der Waals surface area contributed by atoms with Gasteiger partial charge in [0.2, 0.25) is 17.7 Å². The van der Waals surface area contributed by atoms with Gasteiger partial charge in [0.15, 0.2) is 11.6 Å². The third-order valence-electron chi connectivity index (χ3n) is 14.2. The molecule has 22 heteroatoms. The molecule has 0 radical (unpaired) electrons. The highest BCUT2D eigenvalue weighted by Crippen LogP contribution is 2.41. The average molecular weight is 982 g/mol. The lowest BCUT2D eigenvalue weighted by Gasteiger charge is -2.44. The zero-order valence-electron chi connectivity index (χ0n) is 39.4. The van der Waals surface area contributed by atoms with E-state index in [0.29, 0.717) is 43.4 Å². The topological polar surface area (TPSA) is 288 Å². The minimum absolute atomic E-state index is 0. The third-order valence-corrected chi connectivity index (χ3v) is 14.2. The summed E-state index contributed by atoms with van der Waals surface area (Å²) in [4.78, 5) is 86.6. The van der Waals surface area contributed by atoms with E-state index in [4.69, 9.17) is 5.73 Å². The Morgan fingerprint density at radius 2 is 1.03 bits per heavy atom. The molecular weight excluding hydrogens is 920 g/mol. The number of hydrogen-bond donors (Lipinski definition) is 7. The van der Waals surface area contributed by atoms with Crippen LogP contribution < -0.4 is 22.5 Å². The molecule has 5 amide bonds. The number of benzene rings is 2. The number of nitrogens with two attached hydrogens (primary N) is 1. The van der Waals surface area contributed by atoms with E-state index >= 15 is 0 Å². The number of H-pyrrole nitrogens is 2. The summed E-state index contributed by atoms with van der Waals surface area (Å²) in [7, 11) is 0. The summed E-state index contributed by atoms with van der Waals surface area (Å²) >= 11 is 0. The summed E-state index contributed by atoms with van der Waals surface area (Å²) in [5, 5.41) is 24.7. The number of primary amides is 1. The fourth-order valence-electron chi connectivity index (χ4n) is 10.7. The van der Waals surface area contributed by atoms with Gasteiger partial charge in [-0.3, -0.25) is 24.2 Å². The summed E-state index contributed by atoms with van der Waals surface area (Å²) in [6, 6.07) is 17.6. The van der Waals surface area contributed by atoms with Gasteiger partial charge in [0, 0.05) is 127 Å². The lowest BCUT2D eigenvalue weighted by Crippen LogP contribution is -2.53. The Kier molecular flexibility index (Phi) is 15.2. The molecule has 2 spiro atoms. The van der Waals surface area contributed by atoms with Crippen molar-refractivity contribution in [2.24, 2.45) is 5.73 Å². The summed E-state index contributed by atoms with van der Waals surface area (Å²) in [6.07, 6.45) is 11.2. The fourth-order valence-corrected chi connectivity index (χ4v) is 10.7. The number of nitrogens with zero attached hydrogens (tertiary/aromatic N) is 8. The maximum Gasteiger partial charge on any atom is 0.344 e. The number of carboxylic acids is 1. The molecule has 4 aliphatic heterocycles. The van der Waals surface area contributed by atoms with Crippen LogP contribution in [0.15, 0.2) is 73.1 Å². The van der Waals surface area contributed by atoms with E-state index in [1.54, 1.807) is 42.7 Å². The molecule has 10 N–H and O–H groups in total. The minimum atomic E-state index is -0.925. The molecule has 0 bridgehead atoms. The maximum absolute atomic E-state index is 12.9. The predicted octanol–water partition coefficient (Wildman–Crippen LogP) is 6.22. The standard InChI is InChI=1S/C24H29N7O3.C24H28N6O4.ClH.H3N/c1-16(32)26-21-5-10-31(28-21)23(34)29-11-7-24(8-12-29)6-2-9-30(24)15-19-14-18-13-17(22(25)33)3-4-20(18)27-19;1-16(31)25-21-5-10-30(27-21)23(34)28-11-7-24(8-12-28)6-2-9-29(24)15-19-14-18-13-17(22(32)33)3-4-20(18)26-19;;/h3-5,10,13-14,27H,2,6-9,11-12,15H2,1H3,(H2,25,33)(H,26,28,32);3-5,10,13-14,26H,2,6-9,11-12,15H2,1H3,(H,32,33)(H,25,27,31);1H;1H3. The molecule has 8 heterocycles. The van der Waals surface area contributed by atoms with Crippen molar-refractivity contribution < 1.29 is 33.9 Å².